The fourth-order valence-electron chi connectivity index (χ4n) is 1.90. The van der Waals surface area contributed by atoms with Crippen LogP contribution in [0.5, 0.6) is 5.75 Å². The van der Waals surface area contributed by atoms with Gasteiger partial charge in [0.05, 0.1) is 12.1 Å². The van der Waals surface area contributed by atoms with Crippen molar-refractivity contribution in [1.29, 1.82) is 0 Å². The van der Waals surface area contributed by atoms with Crippen molar-refractivity contribution in [2.24, 2.45) is 0 Å². The van der Waals surface area contributed by atoms with E-state index in [-0.39, 0.29) is 5.02 Å². The monoisotopic (exact) mass is 354 g/mol. The molecular formula is C16H13ClF2N2O3. The third kappa shape index (κ3) is 4.42. The largest absolute Gasteiger partial charge is 0.495 e. The molecule has 0 unspecified atom stereocenters. The van der Waals surface area contributed by atoms with Crippen LogP contribution in [0.2, 0.25) is 5.02 Å². The Morgan fingerprint density at radius 2 is 1.71 bits per heavy atom. The van der Waals surface area contributed by atoms with Crippen molar-refractivity contribution in [1.82, 2.24) is 0 Å². The summed E-state index contributed by atoms with van der Waals surface area (Å²) in [5.74, 6) is -2.93. The van der Waals surface area contributed by atoms with E-state index in [2.05, 4.69) is 5.32 Å². The van der Waals surface area contributed by atoms with Gasteiger partial charge in [-0.05, 0) is 30.3 Å². The number of benzene rings is 2. The lowest BCUT2D eigenvalue weighted by Gasteiger charge is -2.09. The van der Waals surface area contributed by atoms with Gasteiger partial charge in [0.2, 0.25) is 11.8 Å². The molecule has 0 radical (unpaired) electrons. The molecule has 0 aliphatic heterocycles. The molecule has 2 amide bonds. The molecule has 24 heavy (non-hydrogen) atoms. The van der Waals surface area contributed by atoms with Crippen LogP contribution in [0.15, 0.2) is 36.4 Å². The molecule has 0 aromatic heterocycles. The number of hydrogen-bond donors (Lipinski definition) is 2. The summed E-state index contributed by atoms with van der Waals surface area (Å²) >= 11 is 5.92. The van der Waals surface area contributed by atoms with Crippen LogP contribution in [0.3, 0.4) is 0 Å². The highest BCUT2D eigenvalue weighted by atomic mass is 35.5. The number of halogens is 3. The van der Waals surface area contributed by atoms with Crippen LogP contribution in [0.25, 0.3) is 0 Å². The molecule has 0 spiro atoms. The molecule has 0 atom stereocenters. The number of para-hydroxylation sites is 1. The Labute approximate surface area is 141 Å². The summed E-state index contributed by atoms with van der Waals surface area (Å²) in [4.78, 5) is 23.5. The summed E-state index contributed by atoms with van der Waals surface area (Å²) in [7, 11) is 1.45. The highest BCUT2D eigenvalue weighted by molar-refractivity contribution is 6.32. The molecular weight excluding hydrogens is 342 g/mol. The van der Waals surface area contributed by atoms with Gasteiger partial charge in [-0.15, -0.1) is 0 Å². The molecule has 0 fully saturated rings. The SMILES string of the molecule is COc1ccc(NC(=O)CC(=O)Nc2c(F)cccc2F)cc1Cl. The first-order valence-electron chi connectivity index (χ1n) is 6.78. The summed E-state index contributed by atoms with van der Waals surface area (Å²) < 4.78 is 31.8. The Morgan fingerprint density at radius 3 is 2.29 bits per heavy atom. The molecule has 2 aromatic carbocycles. The Hall–Kier alpha value is -2.67. The van der Waals surface area contributed by atoms with Gasteiger partial charge in [-0.25, -0.2) is 8.78 Å². The summed E-state index contributed by atoms with van der Waals surface area (Å²) in [5, 5.41) is 4.77. The van der Waals surface area contributed by atoms with Crippen LogP contribution in [0.1, 0.15) is 6.42 Å². The molecule has 126 valence electrons. The highest BCUT2D eigenvalue weighted by Gasteiger charge is 2.15. The average molecular weight is 355 g/mol. The smallest absolute Gasteiger partial charge is 0.233 e. The number of anilines is 2. The normalized spacial score (nSPS) is 10.2. The van der Waals surface area contributed by atoms with Gasteiger partial charge in [0, 0.05) is 5.69 Å². The first kappa shape index (κ1) is 17.7. The van der Waals surface area contributed by atoms with Crippen molar-refractivity contribution in [2.75, 3.05) is 17.7 Å². The number of nitrogens with one attached hydrogen (secondary N) is 2. The van der Waals surface area contributed by atoms with Gasteiger partial charge in [-0.3, -0.25) is 9.59 Å². The van der Waals surface area contributed by atoms with Crippen molar-refractivity contribution in [2.45, 2.75) is 6.42 Å². The molecule has 8 heteroatoms. The van der Waals surface area contributed by atoms with E-state index in [1.807, 2.05) is 5.32 Å². The van der Waals surface area contributed by atoms with Crippen LogP contribution in [0, 0.1) is 11.6 Å². The van der Waals surface area contributed by atoms with Gasteiger partial charge in [0.25, 0.3) is 0 Å². The first-order valence-corrected chi connectivity index (χ1v) is 7.15. The first-order chi connectivity index (χ1) is 11.4. The lowest BCUT2D eigenvalue weighted by molar-refractivity contribution is -0.123. The number of methoxy groups -OCH3 is 1. The van der Waals surface area contributed by atoms with Gasteiger partial charge < -0.3 is 15.4 Å². The molecule has 2 aromatic rings. The predicted molar refractivity (Wildman–Crippen MR) is 86.2 cm³/mol. The van der Waals surface area contributed by atoms with Crippen molar-refractivity contribution in [3.63, 3.8) is 0 Å². The number of ether oxygens (including phenoxy) is 1. The molecule has 0 aliphatic rings. The highest BCUT2D eigenvalue weighted by Crippen LogP contribution is 2.27. The van der Waals surface area contributed by atoms with Crippen LogP contribution in [0.4, 0.5) is 20.2 Å². The third-order valence-corrected chi connectivity index (χ3v) is 3.28. The van der Waals surface area contributed by atoms with Gasteiger partial charge in [-0.1, -0.05) is 17.7 Å². The zero-order valence-electron chi connectivity index (χ0n) is 12.5. The Balaban J connectivity index is 1.97. The lowest BCUT2D eigenvalue weighted by Crippen LogP contribution is -2.22. The minimum atomic E-state index is -0.925. The maximum absolute atomic E-state index is 13.4. The van der Waals surface area contributed by atoms with Crippen LogP contribution in [-0.2, 0) is 9.59 Å². The standard InChI is InChI=1S/C16H13ClF2N2O3/c1-24-13-6-5-9(7-10(13)17)20-14(22)8-15(23)21-16-11(18)3-2-4-12(16)19/h2-7H,8H2,1H3,(H,20,22)(H,21,23). The van der Waals surface area contributed by atoms with E-state index in [4.69, 9.17) is 16.3 Å². The molecule has 0 saturated carbocycles. The fraction of sp³-hybridized carbons (Fsp3) is 0.125. The van der Waals surface area contributed by atoms with Crippen molar-refractivity contribution in [3.8, 4) is 5.75 Å². The summed E-state index contributed by atoms with van der Waals surface area (Å²) in [5.41, 5.74) is -0.238. The lowest BCUT2D eigenvalue weighted by atomic mass is 10.2. The number of carbonyl (C=O) groups excluding carboxylic acids is 2. The maximum atomic E-state index is 13.4. The zero-order chi connectivity index (χ0) is 17.7. The quantitative estimate of drug-likeness (QED) is 0.806. The summed E-state index contributed by atoms with van der Waals surface area (Å²) in [6.45, 7) is 0. The number of carbonyl (C=O) groups is 2. The molecule has 5 nitrogen and oxygen atoms in total. The van der Waals surface area contributed by atoms with E-state index in [0.717, 1.165) is 12.1 Å². The summed E-state index contributed by atoms with van der Waals surface area (Å²) in [6.07, 6.45) is -0.614. The van der Waals surface area contributed by atoms with E-state index < -0.39 is 35.6 Å². The molecule has 2 N–H and O–H groups in total. The van der Waals surface area contributed by atoms with Crippen LogP contribution >= 0.6 is 11.6 Å². The molecule has 0 heterocycles. The minimum absolute atomic E-state index is 0.285. The van der Waals surface area contributed by atoms with E-state index in [1.165, 1.54) is 25.3 Å². The van der Waals surface area contributed by atoms with E-state index >= 15 is 0 Å². The molecule has 0 aliphatic carbocycles. The molecule has 0 saturated heterocycles. The second-order valence-electron chi connectivity index (χ2n) is 4.72. The van der Waals surface area contributed by atoms with Crippen molar-refractivity contribution in [3.05, 3.63) is 53.1 Å². The maximum Gasteiger partial charge on any atom is 0.233 e. The number of hydrogen-bond acceptors (Lipinski definition) is 3. The van der Waals surface area contributed by atoms with Gasteiger partial charge in [-0.2, -0.15) is 0 Å². The topological polar surface area (TPSA) is 67.4 Å². The number of rotatable bonds is 5. The second kappa shape index (κ2) is 7.74. The van der Waals surface area contributed by atoms with Gasteiger partial charge in [0.1, 0.15) is 29.5 Å². The minimum Gasteiger partial charge on any atom is -0.495 e. The fourth-order valence-corrected chi connectivity index (χ4v) is 2.15. The average Bonchev–Trinajstić information content (AvgIpc) is 2.51. The van der Waals surface area contributed by atoms with Crippen LogP contribution in [-0.4, -0.2) is 18.9 Å². The van der Waals surface area contributed by atoms with E-state index in [0.29, 0.717) is 11.4 Å². The molecule has 0 bridgehead atoms. The van der Waals surface area contributed by atoms with Gasteiger partial charge >= 0.3 is 0 Å². The van der Waals surface area contributed by atoms with E-state index in [9.17, 15) is 18.4 Å². The predicted octanol–water partition coefficient (Wildman–Crippen LogP) is 3.59. The number of amides is 2. The third-order valence-electron chi connectivity index (χ3n) is 2.98. The Bertz CT molecular complexity index is 764. The summed E-state index contributed by atoms with van der Waals surface area (Å²) in [6, 6.07) is 7.70. The van der Waals surface area contributed by atoms with Crippen molar-refractivity contribution >= 4 is 34.8 Å². The zero-order valence-corrected chi connectivity index (χ0v) is 13.3. The van der Waals surface area contributed by atoms with Crippen LogP contribution < -0.4 is 15.4 Å². The van der Waals surface area contributed by atoms with Gasteiger partial charge in [0.15, 0.2) is 0 Å². The van der Waals surface area contributed by atoms with E-state index in [1.54, 1.807) is 6.07 Å². The Morgan fingerprint density at radius 1 is 1.08 bits per heavy atom. The van der Waals surface area contributed by atoms with Crippen molar-refractivity contribution < 1.29 is 23.1 Å². The molecule has 2 rings (SSSR count). The Kier molecular flexibility index (Phi) is 5.70. The second-order valence-corrected chi connectivity index (χ2v) is 5.13.